The molecular weight excluding hydrogens is 472 g/mol. The summed E-state index contributed by atoms with van der Waals surface area (Å²) < 4.78 is 19.5. The van der Waals surface area contributed by atoms with Crippen LogP contribution in [0.1, 0.15) is 63.0 Å². The Morgan fingerprint density at radius 3 is 2.38 bits per heavy atom. The first kappa shape index (κ1) is 26.7. The van der Waals surface area contributed by atoms with Gasteiger partial charge in [0.25, 0.3) is 5.88 Å². The molecule has 200 valence electrons. The van der Waals surface area contributed by atoms with E-state index < -0.39 is 0 Å². The van der Waals surface area contributed by atoms with E-state index in [1.165, 1.54) is 14.8 Å². The first-order chi connectivity index (χ1) is 17.7. The number of Topliss-reactive ketones (excluding diaryl/α,β-unsaturated/α-hetero) is 1. The molecule has 1 fully saturated rings. The van der Waals surface area contributed by atoms with Crippen molar-refractivity contribution in [1.82, 2.24) is 19.4 Å². The number of hydrogen-bond acceptors (Lipinski definition) is 8. The van der Waals surface area contributed by atoms with Gasteiger partial charge in [-0.1, -0.05) is 27.7 Å². The molecule has 0 aliphatic carbocycles. The Hall–Kier alpha value is -3.40. The van der Waals surface area contributed by atoms with E-state index in [0.29, 0.717) is 49.3 Å². The molecule has 3 aromatic rings. The highest BCUT2D eigenvalue weighted by Crippen LogP contribution is 2.35. The van der Waals surface area contributed by atoms with Gasteiger partial charge in [-0.2, -0.15) is 4.52 Å². The lowest BCUT2D eigenvalue weighted by molar-refractivity contribution is 0.0965. The second kappa shape index (κ2) is 10.9. The van der Waals surface area contributed by atoms with Crippen LogP contribution < -0.4 is 20.0 Å². The van der Waals surface area contributed by atoms with Gasteiger partial charge in [-0.3, -0.25) is 10.2 Å². The Labute approximate surface area is 217 Å². The van der Waals surface area contributed by atoms with Gasteiger partial charge in [0.2, 0.25) is 5.62 Å². The summed E-state index contributed by atoms with van der Waals surface area (Å²) in [4.78, 5) is 15.9. The van der Waals surface area contributed by atoms with E-state index in [1.807, 2.05) is 26.0 Å². The Bertz CT molecular complexity index is 1330. The molecule has 3 heterocycles. The summed E-state index contributed by atoms with van der Waals surface area (Å²) in [6.07, 6.45) is 0.877. The lowest BCUT2D eigenvalue weighted by atomic mass is 9.80. The number of anilines is 1. The number of nitrogens with zero attached hydrogens (tertiary/aromatic N) is 5. The van der Waals surface area contributed by atoms with Gasteiger partial charge < -0.3 is 19.1 Å². The minimum Gasteiger partial charge on any atom is -0.488 e. The van der Waals surface area contributed by atoms with Gasteiger partial charge in [0.05, 0.1) is 26.4 Å². The van der Waals surface area contributed by atoms with Gasteiger partial charge in [-0.05, 0) is 48.9 Å². The first-order valence-corrected chi connectivity index (χ1v) is 13.0. The average molecular weight is 511 g/mol. The molecule has 4 rings (SSSR count). The smallest absolute Gasteiger partial charge is 0.274 e. The van der Waals surface area contributed by atoms with Crippen LogP contribution in [0.5, 0.6) is 11.6 Å². The summed E-state index contributed by atoms with van der Waals surface area (Å²) in [7, 11) is 0. The number of rotatable bonds is 9. The molecule has 1 aliphatic rings. The molecule has 1 N–H and O–H groups in total. The minimum absolute atomic E-state index is 0.0121. The number of carbonyl (C=O) groups is 1. The number of ether oxygens (including phenoxy) is 3. The van der Waals surface area contributed by atoms with Crippen molar-refractivity contribution >= 4 is 17.1 Å². The van der Waals surface area contributed by atoms with E-state index >= 15 is 0 Å². The topological polar surface area (TPSA) is 107 Å². The van der Waals surface area contributed by atoms with Crippen molar-refractivity contribution in [2.45, 2.75) is 59.9 Å². The molecule has 0 unspecified atom stereocenters. The third-order valence-corrected chi connectivity index (χ3v) is 6.48. The quantitative estimate of drug-likeness (QED) is 0.440. The van der Waals surface area contributed by atoms with Crippen molar-refractivity contribution in [1.29, 1.82) is 5.41 Å². The molecule has 0 radical (unpaired) electrons. The molecule has 0 spiro atoms. The van der Waals surface area contributed by atoms with Crippen LogP contribution in [0.4, 0.5) is 5.69 Å². The number of carbonyl (C=O) groups excluding carboxylic acids is 1. The lowest BCUT2D eigenvalue weighted by Crippen LogP contribution is -2.37. The highest BCUT2D eigenvalue weighted by Gasteiger charge is 2.26. The maximum atomic E-state index is 13.6. The maximum Gasteiger partial charge on any atom is 0.274 e. The van der Waals surface area contributed by atoms with E-state index in [2.05, 4.69) is 42.8 Å². The van der Waals surface area contributed by atoms with Crippen LogP contribution in [0.2, 0.25) is 0 Å². The summed E-state index contributed by atoms with van der Waals surface area (Å²) >= 11 is 0. The number of nitrogens with one attached hydrogen (secondary N) is 1. The van der Waals surface area contributed by atoms with Gasteiger partial charge in [-0.15, -0.1) is 10.2 Å². The van der Waals surface area contributed by atoms with E-state index in [0.717, 1.165) is 30.8 Å². The second-order valence-corrected chi connectivity index (χ2v) is 10.1. The van der Waals surface area contributed by atoms with Crippen LogP contribution in [0, 0.1) is 5.41 Å². The molecule has 1 aromatic carbocycles. The molecular formula is C27H38N6O4. The SMILES string of the molecule is CCOc1cc2nn(CC(=O)c3cc(N4CCOCC4)c(CC)c(C(C)(C)C)c3)c(=N)n2nc1OCC. The Morgan fingerprint density at radius 2 is 1.76 bits per heavy atom. The summed E-state index contributed by atoms with van der Waals surface area (Å²) in [6, 6.07) is 5.70. The highest BCUT2D eigenvalue weighted by atomic mass is 16.5. The fourth-order valence-corrected chi connectivity index (χ4v) is 4.72. The average Bonchev–Trinajstić information content (AvgIpc) is 3.17. The number of fused-ring (bicyclic) bond motifs is 1. The zero-order valence-electron chi connectivity index (χ0n) is 22.8. The summed E-state index contributed by atoms with van der Waals surface area (Å²) in [6.45, 7) is 16.1. The van der Waals surface area contributed by atoms with E-state index in [9.17, 15) is 4.79 Å². The Morgan fingerprint density at radius 1 is 1.05 bits per heavy atom. The number of aromatic nitrogens is 4. The highest BCUT2D eigenvalue weighted by molar-refractivity contribution is 5.97. The summed E-state index contributed by atoms with van der Waals surface area (Å²) in [5, 5.41) is 17.5. The third kappa shape index (κ3) is 5.49. The van der Waals surface area contributed by atoms with Crippen LogP contribution in [0.25, 0.3) is 5.65 Å². The van der Waals surface area contributed by atoms with Crippen LogP contribution in [0.15, 0.2) is 18.2 Å². The Balaban J connectivity index is 1.74. The number of ketones is 1. The van der Waals surface area contributed by atoms with Crippen molar-refractivity contribution in [3.8, 4) is 11.6 Å². The number of hydrogen-bond donors (Lipinski definition) is 1. The fourth-order valence-electron chi connectivity index (χ4n) is 4.72. The number of morpholine rings is 1. The van der Waals surface area contributed by atoms with E-state index in [-0.39, 0.29) is 23.4 Å². The van der Waals surface area contributed by atoms with Crippen LogP contribution in [-0.4, -0.2) is 64.7 Å². The van der Waals surface area contributed by atoms with Crippen LogP contribution >= 0.6 is 0 Å². The molecule has 10 nitrogen and oxygen atoms in total. The standard InChI is InChI=1S/C27H38N6O4/c1-7-19-20(27(4,5)6)14-18(15-21(19)31-10-12-35-13-11-31)22(34)17-32-26(28)33-24(29-32)16-23(36-8-2)25(30-33)37-9-3/h14-16,28H,7-13,17H2,1-6H3. The Kier molecular flexibility index (Phi) is 7.87. The summed E-state index contributed by atoms with van der Waals surface area (Å²) in [5.41, 5.74) is 4.41. The molecule has 0 amide bonds. The van der Waals surface area contributed by atoms with Crippen molar-refractivity contribution in [2.24, 2.45) is 0 Å². The zero-order valence-corrected chi connectivity index (χ0v) is 22.8. The molecule has 0 bridgehead atoms. The number of benzene rings is 1. The van der Waals surface area contributed by atoms with Crippen molar-refractivity contribution < 1.29 is 19.0 Å². The molecule has 37 heavy (non-hydrogen) atoms. The zero-order chi connectivity index (χ0) is 26.7. The molecule has 2 aromatic heterocycles. The molecule has 10 heteroatoms. The molecule has 1 aliphatic heterocycles. The van der Waals surface area contributed by atoms with Crippen molar-refractivity contribution in [3.05, 3.63) is 40.5 Å². The molecule has 1 saturated heterocycles. The van der Waals surface area contributed by atoms with Crippen LogP contribution in [0.3, 0.4) is 0 Å². The maximum absolute atomic E-state index is 13.6. The van der Waals surface area contributed by atoms with Gasteiger partial charge in [0.1, 0.15) is 6.54 Å². The normalized spacial score (nSPS) is 14.3. The van der Waals surface area contributed by atoms with Gasteiger partial charge in [0.15, 0.2) is 17.2 Å². The van der Waals surface area contributed by atoms with Gasteiger partial charge in [-0.25, -0.2) is 4.68 Å². The fraction of sp³-hybridized carbons (Fsp3) is 0.556. The third-order valence-electron chi connectivity index (χ3n) is 6.48. The van der Waals surface area contributed by atoms with E-state index in [4.69, 9.17) is 19.6 Å². The predicted molar refractivity (Wildman–Crippen MR) is 141 cm³/mol. The minimum atomic E-state index is -0.130. The van der Waals surface area contributed by atoms with E-state index in [1.54, 1.807) is 6.07 Å². The largest absolute Gasteiger partial charge is 0.488 e. The van der Waals surface area contributed by atoms with Crippen molar-refractivity contribution in [2.75, 3.05) is 44.4 Å². The first-order valence-electron chi connectivity index (χ1n) is 13.0. The van der Waals surface area contributed by atoms with Crippen molar-refractivity contribution in [3.63, 3.8) is 0 Å². The van der Waals surface area contributed by atoms with Gasteiger partial charge in [0, 0.05) is 30.4 Å². The monoisotopic (exact) mass is 510 g/mol. The molecule has 0 atom stereocenters. The van der Waals surface area contributed by atoms with Gasteiger partial charge >= 0.3 is 0 Å². The second-order valence-electron chi connectivity index (χ2n) is 10.1. The van der Waals surface area contributed by atoms with Crippen LogP contribution in [-0.2, 0) is 23.1 Å². The molecule has 0 saturated carbocycles. The summed E-state index contributed by atoms with van der Waals surface area (Å²) in [5.74, 6) is 0.640. The predicted octanol–water partition coefficient (Wildman–Crippen LogP) is 3.39. The lowest BCUT2D eigenvalue weighted by Gasteiger charge is -2.34.